The molecule has 17 heavy (non-hydrogen) atoms. The zero-order chi connectivity index (χ0) is 11.3. The molecule has 2 unspecified atom stereocenters. The molecule has 0 fully saturated rings. The normalized spacial score (nSPS) is 23.5. The molecule has 0 amide bonds. The van der Waals surface area contributed by atoms with Gasteiger partial charge in [0.1, 0.15) is 11.4 Å². The van der Waals surface area contributed by atoms with E-state index in [2.05, 4.69) is 52.8 Å². The molecule has 0 saturated heterocycles. The van der Waals surface area contributed by atoms with Crippen molar-refractivity contribution in [2.75, 3.05) is 0 Å². The van der Waals surface area contributed by atoms with Crippen molar-refractivity contribution in [3.05, 3.63) is 29.8 Å². The van der Waals surface area contributed by atoms with Crippen LogP contribution in [0.1, 0.15) is 46.1 Å². The fourth-order valence-electron chi connectivity index (χ4n) is 2.25. The van der Waals surface area contributed by atoms with Crippen LogP contribution in [0.5, 0.6) is 5.75 Å². The van der Waals surface area contributed by atoms with Crippen LogP contribution in [-0.4, -0.2) is 32.9 Å². The summed E-state index contributed by atoms with van der Waals surface area (Å²) in [4.78, 5) is 0. The Kier molecular flexibility index (Phi) is 5.68. The Bertz CT molecular complexity index is 388. The van der Waals surface area contributed by atoms with Gasteiger partial charge < -0.3 is 4.74 Å². The topological polar surface area (TPSA) is 9.23 Å². The second-order valence-electron chi connectivity index (χ2n) is 5.59. The van der Waals surface area contributed by atoms with Gasteiger partial charge >= 0.3 is 0 Å². The van der Waals surface area contributed by atoms with Crippen LogP contribution in [0, 0.1) is 5.41 Å². The first kappa shape index (κ1) is 17.4. The summed E-state index contributed by atoms with van der Waals surface area (Å²) < 4.78 is 6.10. The van der Waals surface area contributed by atoms with E-state index in [9.17, 15) is 0 Å². The van der Waals surface area contributed by atoms with E-state index < -0.39 is 0 Å². The predicted octanol–water partition coefficient (Wildman–Crippen LogP) is 3.66. The van der Waals surface area contributed by atoms with Crippen LogP contribution in [0.25, 0.3) is 0 Å². The van der Waals surface area contributed by atoms with Gasteiger partial charge in [-0.15, -0.1) is 0 Å². The molecular weight excluding hydrogens is 422 g/mol. The zero-order valence-electron chi connectivity index (χ0n) is 11.5. The first-order valence-electron chi connectivity index (χ1n) is 5.64. The molecule has 4 radical (unpaired) electrons. The fraction of sp³-hybridized carbons (Fsp3) is 0.571. The molecule has 2 rings (SSSR count). The van der Waals surface area contributed by atoms with Crippen LogP contribution in [0.2, 0.25) is 0 Å². The minimum Gasteiger partial charge on any atom is -0.487 e. The molecule has 0 aliphatic carbocycles. The third kappa shape index (κ3) is 2.70. The van der Waals surface area contributed by atoms with Crippen LogP contribution in [0.3, 0.4) is 0 Å². The molecule has 1 heterocycles. The molecule has 0 N–H and O–H groups in total. The van der Waals surface area contributed by atoms with Gasteiger partial charge in [-0.1, -0.05) is 39.0 Å². The fourth-order valence-corrected chi connectivity index (χ4v) is 2.25. The van der Waals surface area contributed by atoms with Crippen LogP contribution in [0.4, 0.5) is 0 Å². The van der Waals surface area contributed by atoms with Crippen molar-refractivity contribution in [3.8, 4) is 5.75 Å². The van der Waals surface area contributed by atoms with E-state index in [0.717, 1.165) is 5.75 Å². The maximum absolute atomic E-state index is 6.10. The summed E-state index contributed by atoms with van der Waals surface area (Å²) in [5.74, 6) is 1.58. The van der Waals surface area contributed by atoms with Crippen LogP contribution < -0.4 is 4.74 Å². The van der Waals surface area contributed by atoms with Crippen LogP contribution in [-0.2, 0) is 0 Å². The van der Waals surface area contributed by atoms with Crippen molar-refractivity contribution in [2.24, 2.45) is 5.41 Å². The Morgan fingerprint density at radius 3 is 2.18 bits per heavy atom. The molecule has 0 spiro atoms. The average Bonchev–Trinajstić information content (AvgIpc) is 2.15. The average molecular weight is 446 g/mol. The van der Waals surface area contributed by atoms with Crippen LogP contribution >= 0.6 is 9.90 Å². The summed E-state index contributed by atoms with van der Waals surface area (Å²) in [5, 5.41) is 0. The van der Waals surface area contributed by atoms with Gasteiger partial charge in [-0.05, 0) is 31.4 Å². The Morgan fingerprint density at radius 1 is 1.06 bits per heavy atom. The zero-order valence-corrected chi connectivity index (χ0v) is 16.8. The second kappa shape index (κ2) is 5.56. The van der Waals surface area contributed by atoms with Gasteiger partial charge in [0.15, 0.2) is 0 Å². The van der Waals surface area contributed by atoms with E-state index in [1.165, 1.54) is 5.56 Å². The maximum Gasteiger partial charge on any atom is 0.123 e. The molecule has 1 aliphatic rings. The first-order valence-corrected chi connectivity index (χ1v) is 5.64. The summed E-state index contributed by atoms with van der Waals surface area (Å²) in [7, 11) is 0. The molecule has 3 heteroatoms. The number of benzene rings is 1. The van der Waals surface area contributed by atoms with Gasteiger partial charge in [0, 0.05) is 32.7 Å². The molecule has 0 saturated carbocycles. The van der Waals surface area contributed by atoms with Gasteiger partial charge in [-0.3, -0.25) is 0 Å². The molecule has 2 atom stereocenters. The van der Waals surface area contributed by atoms with E-state index in [-0.39, 0.29) is 48.2 Å². The Labute approximate surface area is 128 Å². The standard InChI is InChI=1S/C14H20O.H3P.Pb/c1-10-11-8-6-7-9-12(11)15-14(4,5)13(10,2)3;;/h6-10H,1-5H3;1H3;. The van der Waals surface area contributed by atoms with E-state index in [0.29, 0.717) is 5.92 Å². The molecule has 0 aromatic heterocycles. The number of fused-ring (bicyclic) bond motifs is 1. The monoisotopic (exact) mass is 446 g/mol. The van der Waals surface area contributed by atoms with Crippen molar-refractivity contribution >= 4 is 37.2 Å². The van der Waals surface area contributed by atoms with Crippen molar-refractivity contribution in [1.29, 1.82) is 0 Å². The Morgan fingerprint density at radius 2 is 1.59 bits per heavy atom. The Hall–Kier alpha value is 0.372. The van der Waals surface area contributed by atoms with Crippen molar-refractivity contribution < 1.29 is 4.74 Å². The number of hydrogen-bond acceptors (Lipinski definition) is 1. The summed E-state index contributed by atoms with van der Waals surface area (Å²) in [6.45, 7) is 11.2. The third-order valence-electron chi connectivity index (χ3n) is 4.38. The van der Waals surface area contributed by atoms with Crippen molar-refractivity contribution in [3.63, 3.8) is 0 Å². The minimum atomic E-state index is -0.110. The smallest absolute Gasteiger partial charge is 0.123 e. The van der Waals surface area contributed by atoms with Gasteiger partial charge in [0.2, 0.25) is 0 Å². The van der Waals surface area contributed by atoms with E-state index >= 15 is 0 Å². The first-order chi connectivity index (χ1) is 6.86. The number of para-hydroxylation sites is 1. The SMILES string of the molecule is CC1c2ccccc2OC(C)(C)C1(C)C.P.[Pb]. The molecule has 1 aliphatic heterocycles. The molecule has 94 valence electrons. The van der Waals surface area contributed by atoms with Crippen molar-refractivity contribution in [1.82, 2.24) is 0 Å². The second-order valence-corrected chi connectivity index (χ2v) is 5.59. The number of rotatable bonds is 0. The molecule has 0 bridgehead atoms. The molecule has 1 nitrogen and oxygen atoms in total. The quantitative estimate of drug-likeness (QED) is 0.438. The van der Waals surface area contributed by atoms with E-state index in [1.54, 1.807) is 0 Å². The van der Waals surface area contributed by atoms with Crippen molar-refractivity contribution in [2.45, 2.75) is 46.1 Å². The summed E-state index contributed by atoms with van der Waals surface area (Å²) in [6, 6.07) is 8.38. The third-order valence-corrected chi connectivity index (χ3v) is 4.38. The molecule has 1 aromatic rings. The van der Waals surface area contributed by atoms with Gasteiger partial charge in [0.25, 0.3) is 0 Å². The summed E-state index contributed by atoms with van der Waals surface area (Å²) >= 11 is 0. The van der Waals surface area contributed by atoms with Crippen LogP contribution in [0.15, 0.2) is 24.3 Å². The van der Waals surface area contributed by atoms with Gasteiger partial charge in [0.05, 0.1) is 0 Å². The summed E-state index contributed by atoms with van der Waals surface area (Å²) in [5.41, 5.74) is 1.38. The van der Waals surface area contributed by atoms with E-state index in [1.807, 2.05) is 6.07 Å². The van der Waals surface area contributed by atoms with Gasteiger partial charge in [-0.25, -0.2) is 0 Å². The Balaban J connectivity index is 0.00000128. The van der Waals surface area contributed by atoms with E-state index in [4.69, 9.17) is 4.74 Å². The number of ether oxygens (including phenoxy) is 1. The van der Waals surface area contributed by atoms with Gasteiger partial charge in [-0.2, -0.15) is 9.90 Å². The molecular formula is C14H23OPPb. The number of hydrogen-bond donors (Lipinski definition) is 0. The maximum atomic E-state index is 6.10. The minimum absolute atomic E-state index is 0. The summed E-state index contributed by atoms with van der Waals surface area (Å²) in [6.07, 6.45) is 0. The molecule has 1 aromatic carbocycles. The predicted molar refractivity (Wildman–Crippen MR) is 80.2 cm³/mol. The largest absolute Gasteiger partial charge is 0.487 e.